The van der Waals surface area contributed by atoms with Gasteiger partial charge in [-0.05, 0) is 30.7 Å². The fourth-order valence-corrected chi connectivity index (χ4v) is 4.35. The van der Waals surface area contributed by atoms with E-state index in [9.17, 15) is 14.4 Å². The zero-order valence-corrected chi connectivity index (χ0v) is 21.2. The Morgan fingerprint density at radius 3 is 1.79 bits per heavy atom. The van der Waals surface area contributed by atoms with Crippen molar-refractivity contribution in [3.63, 3.8) is 0 Å². The molecule has 0 aromatic heterocycles. The zero-order valence-electron chi connectivity index (χ0n) is 21.2. The molecule has 2 atom stereocenters. The maximum absolute atomic E-state index is 12.8. The predicted octanol–water partition coefficient (Wildman–Crippen LogP) is 5.09. The fraction of sp³-hybridized carbons (Fsp3) is 0.679. The average molecular weight is 473 g/mol. The molecule has 0 spiro atoms. The van der Waals surface area contributed by atoms with Gasteiger partial charge in [0.2, 0.25) is 11.8 Å². The predicted molar refractivity (Wildman–Crippen MR) is 135 cm³/mol. The molecule has 6 nitrogen and oxygen atoms in total. The number of amides is 2. The van der Waals surface area contributed by atoms with Crippen LogP contribution >= 0.6 is 0 Å². The van der Waals surface area contributed by atoms with E-state index >= 15 is 0 Å². The fourth-order valence-electron chi connectivity index (χ4n) is 4.35. The second kappa shape index (κ2) is 16.3. The van der Waals surface area contributed by atoms with Crippen LogP contribution in [0.5, 0.6) is 0 Å². The second-order valence-electron chi connectivity index (χ2n) is 9.91. The molecule has 1 aliphatic rings. The van der Waals surface area contributed by atoms with Gasteiger partial charge in [0.05, 0.1) is 6.04 Å². The Hall–Kier alpha value is -2.37. The molecule has 190 valence electrons. The molecule has 1 aromatic carbocycles. The van der Waals surface area contributed by atoms with Gasteiger partial charge in [0, 0.05) is 12.8 Å². The van der Waals surface area contributed by atoms with E-state index < -0.39 is 12.0 Å². The lowest BCUT2D eigenvalue weighted by molar-refractivity contribution is -0.150. The number of hydrogen-bond acceptors (Lipinski definition) is 4. The van der Waals surface area contributed by atoms with E-state index in [4.69, 9.17) is 4.74 Å². The molecular formula is C28H44N2O4. The van der Waals surface area contributed by atoms with Crippen molar-refractivity contribution in [2.45, 2.75) is 109 Å². The van der Waals surface area contributed by atoms with E-state index in [-0.39, 0.29) is 30.4 Å². The van der Waals surface area contributed by atoms with Crippen molar-refractivity contribution < 1.29 is 19.1 Å². The molecule has 0 bridgehead atoms. The molecule has 1 heterocycles. The Morgan fingerprint density at radius 1 is 0.765 bits per heavy atom. The molecule has 0 saturated carbocycles. The molecule has 0 radical (unpaired) electrons. The summed E-state index contributed by atoms with van der Waals surface area (Å²) in [7, 11) is 0. The lowest BCUT2D eigenvalue weighted by Crippen LogP contribution is -2.47. The number of esters is 1. The van der Waals surface area contributed by atoms with Gasteiger partial charge in [-0.25, -0.2) is 4.79 Å². The first-order chi connectivity index (χ1) is 16.5. The molecule has 1 aromatic rings. The SMILES string of the molecule is CC(C)[C@@H]1NC(=O)CCCCCCCCCCCCC(=O)N[C@@H](Cc2ccccc2)COC1=O. The van der Waals surface area contributed by atoms with Gasteiger partial charge >= 0.3 is 5.97 Å². The van der Waals surface area contributed by atoms with Gasteiger partial charge in [-0.3, -0.25) is 9.59 Å². The monoisotopic (exact) mass is 472 g/mol. The topological polar surface area (TPSA) is 84.5 Å². The highest BCUT2D eigenvalue weighted by Gasteiger charge is 2.26. The third-order valence-corrected chi connectivity index (χ3v) is 6.41. The van der Waals surface area contributed by atoms with Gasteiger partial charge in [-0.1, -0.05) is 95.5 Å². The number of nitrogens with one attached hydrogen (secondary N) is 2. The van der Waals surface area contributed by atoms with Gasteiger partial charge in [0.15, 0.2) is 0 Å². The van der Waals surface area contributed by atoms with Crippen LogP contribution in [0.1, 0.15) is 96.5 Å². The maximum atomic E-state index is 12.8. The average Bonchev–Trinajstić information content (AvgIpc) is 2.81. The lowest BCUT2D eigenvalue weighted by Gasteiger charge is -2.24. The summed E-state index contributed by atoms with van der Waals surface area (Å²) < 4.78 is 5.63. The Morgan fingerprint density at radius 2 is 1.26 bits per heavy atom. The van der Waals surface area contributed by atoms with Crippen LogP contribution in [0.3, 0.4) is 0 Å². The minimum Gasteiger partial charge on any atom is -0.462 e. The summed E-state index contributed by atoms with van der Waals surface area (Å²) in [6, 6.07) is 8.89. The molecule has 1 saturated heterocycles. The van der Waals surface area contributed by atoms with Crippen molar-refractivity contribution in [2.75, 3.05) is 6.61 Å². The Bertz CT molecular complexity index is 735. The maximum Gasteiger partial charge on any atom is 0.328 e. The Kier molecular flexibility index (Phi) is 13.4. The number of cyclic esters (lactones) is 1. The molecule has 1 aliphatic heterocycles. The van der Waals surface area contributed by atoms with E-state index in [1.807, 2.05) is 44.2 Å². The van der Waals surface area contributed by atoms with Gasteiger partial charge in [-0.15, -0.1) is 0 Å². The highest BCUT2D eigenvalue weighted by Crippen LogP contribution is 2.13. The van der Waals surface area contributed by atoms with Crippen LogP contribution in [0.2, 0.25) is 0 Å². The first-order valence-electron chi connectivity index (χ1n) is 13.2. The minimum atomic E-state index is -0.685. The zero-order chi connectivity index (χ0) is 24.6. The first-order valence-corrected chi connectivity index (χ1v) is 13.2. The summed E-state index contributed by atoms with van der Waals surface area (Å²) >= 11 is 0. The number of carbonyl (C=O) groups excluding carboxylic acids is 3. The van der Waals surface area contributed by atoms with Crippen molar-refractivity contribution >= 4 is 17.8 Å². The number of ether oxygens (including phenoxy) is 1. The van der Waals surface area contributed by atoms with Crippen molar-refractivity contribution in [1.82, 2.24) is 10.6 Å². The standard InChI is InChI=1S/C28H44N2O4/c1-22(2)27-28(33)34-21-24(20-23-16-12-11-13-17-23)29-25(31)18-14-9-7-5-3-4-6-8-10-15-19-26(32)30-27/h11-13,16-17,22,24,27H,3-10,14-15,18-21H2,1-2H3,(H,29,31)(H,30,32)/t24-,27-/m0/s1. The van der Waals surface area contributed by atoms with Crippen molar-refractivity contribution in [3.8, 4) is 0 Å². The molecule has 34 heavy (non-hydrogen) atoms. The van der Waals surface area contributed by atoms with Crippen LogP contribution in [-0.2, 0) is 25.5 Å². The number of benzene rings is 1. The molecule has 2 N–H and O–H groups in total. The lowest BCUT2D eigenvalue weighted by atomic mass is 10.0. The van der Waals surface area contributed by atoms with Gasteiger partial charge in [0.25, 0.3) is 0 Å². The molecule has 1 fully saturated rings. The van der Waals surface area contributed by atoms with Crippen LogP contribution in [-0.4, -0.2) is 36.5 Å². The van der Waals surface area contributed by atoms with Gasteiger partial charge in [0.1, 0.15) is 12.6 Å². The van der Waals surface area contributed by atoms with Crippen molar-refractivity contribution in [3.05, 3.63) is 35.9 Å². The van der Waals surface area contributed by atoms with E-state index in [0.717, 1.165) is 44.1 Å². The van der Waals surface area contributed by atoms with Crippen LogP contribution in [0.25, 0.3) is 0 Å². The molecular weight excluding hydrogens is 428 g/mol. The number of carbonyl (C=O) groups is 3. The van der Waals surface area contributed by atoms with Crippen molar-refractivity contribution in [1.29, 1.82) is 0 Å². The highest BCUT2D eigenvalue weighted by molar-refractivity contribution is 5.84. The van der Waals surface area contributed by atoms with Crippen molar-refractivity contribution in [2.24, 2.45) is 5.92 Å². The Balaban J connectivity index is 2.03. The van der Waals surface area contributed by atoms with E-state index in [0.29, 0.717) is 19.3 Å². The summed E-state index contributed by atoms with van der Waals surface area (Å²) in [5.74, 6) is -0.631. The molecule has 0 unspecified atom stereocenters. The summed E-state index contributed by atoms with van der Waals surface area (Å²) in [4.78, 5) is 37.9. The molecule has 2 amide bonds. The van der Waals surface area contributed by atoms with E-state index in [2.05, 4.69) is 10.6 Å². The summed E-state index contributed by atoms with van der Waals surface area (Å²) in [6.45, 7) is 3.88. The molecule has 2 rings (SSSR count). The second-order valence-corrected chi connectivity index (χ2v) is 9.91. The van der Waals surface area contributed by atoms with Gasteiger partial charge < -0.3 is 15.4 Å². The van der Waals surface area contributed by atoms with E-state index in [1.165, 1.54) is 25.7 Å². The van der Waals surface area contributed by atoms with Crippen LogP contribution in [0.4, 0.5) is 0 Å². The van der Waals surface area contributed by atoms with E-state index in [1.54, 1.807) is 0 Å². The number of rotatable bonds is 3. The largest absolute Gasteiger partial charge is 0.462 e. The minimum absolute atomic E-state index is 0.00316. The molecule has 6 heteroatoms. The quantitative estimate of drug-likeness (QED) is 0.600. The summed E-state index contributed by atoms with van der Waals surface area (Å²) in [5, 5.41) is 5.94. The smallest absolute Gasteiger partial charge is 0.328 e. The van der Waals surface area contributed by atoms with Gasteiger partial charge in [-0.2, -0.15) is 0 Å². The van der Waals surface area contributed by atoms with Crippen LogP contribution < -0.4 is 10.6 Å². The molecule has 0 aliphatic carbocycles. The highest BCUT2D eigenvalue weighted by atomic mass is 16.5. The summed E-state index contributed by atoms with van der Waals surface area (Å²) in [6.07, 6.45) is 12.5. The van der Waals surface area contributed by atoms with Crippen LogP contribution in [0.15, 0.2) is 30.3 Å². The van der Waals surface area contributed by atoms with Crippen LogP contribution in [0, 0.1) is 5.92 Å². The summed E-state index contributed by atoms with van der Waals surface area (Å²) in [5.41, 5.74) is 1.07. The first kappa shape index (κ1) is 27.9. The normalized spacial score (nSPS) is 23.3. The third kappa shape index (κ3) is 11.7. The number of hydrogen-bond donors (Lipinski definition) is 2. The third-order valence-electron chi connectivity index (χ3n) is 6.41. The Labute approximate surface area is 205 Å².